The summed E-state index contributed by atoms with van der Waals surface area (Å²) in [6, 6.07) is 1.87. The molecule has 0 spiro atoms. The second kappa shape index (κ2) is 10.4. The molecule has 28 heavy (non-hydrogen) atoms. The highest BCUT2D eigenvalue weighted by molar-refractivity contribution is 7.22. The van der Waals surface area contributed by atoms with E-state index in [0.717, 1.165) is 16.6 Å². The van der Waals surface area contributed by atoms with Crippen molar-refractivity contribution < 1.29 is 14.3 Å². The van der Waals surface area contributed by atoms with Crippen LogP contribution in [-0.2, 0) is 20.8 Å². The van der Waals surface area contributed by atoms with Crippen molar-refractivity contribution in [2.45, 2.75) is 26.8 Å². The summed E-state index contributed by atoms with van der Waals surface area (Å²) in [5, 5.41) is 1.06. The fourth-order valence-electron chi connectivity index (χ4n) is 3.13. The van der Waals surface area contributed by atoms with E-state index in [1.54, 1.807) is 29.9 Å². The second-order valence-electron chi connectivity index (χ2n) is 6.85. The topological polar surface area (TPSA) is 60.8 Å². The fourth-order valence-corrected chi connectivity index (χ4v) is 3.30. The lowest BCUT2D eigenvalue weighted by Gasteiger charge is -2.19. The average molecular weight is 404 g/mol. The average Bonchev–Trinajstić information content (AvgIpc) is 3.00. The first-order valence-electron chi connectivity index (χ1n) is 9.23. The first kappa shape index (κ1) is 22.1. The van der Waals surface area contributed by atoms with Gasteiger partial charge in [-0.2, -0.15) is 0 Å². The van der Waals surface area contributed by atoms with E-state index in [1.165, 1.54) is 0 Å². The number of nitrogens with zero attached hydrogens (tertiary/aromatic N) is 2. The summed E-state index contributed by atoms with van der Waals surface area (Å²) in [6.45, 7) is 5.23. The summed E-state index contributed by atoms with van der Waals surface area (Å²) in [6.07, 6.45) is 9.81. The highest BCUT2D eigenvalue weighted by Crippen LogP contribution is 2.26. The lowest BCUT2D eigenvalue weighted by Crippen LogP contribution is -2.34. The van der Waals surface area contributed by atoms with E-state index in [2.05, 4.69) is 9.24 Å². The van der Waals surface area contributed by atoms with Crippen molar-refractivity contribution in [1.29, 1.82) is 0 Å². The zero-order valence-corrected chi connectivity index (χ0v) is 18.1. The summed E-state index contributed by atoms with van der Waals surface area (Å²) >= 11 is 0. The number of amides is 1. The minimum absolute atomic E-state index is 0.0315. The Balaban J connectivity index is 2.19. The van der Waals surface area contributed by atoms with E-state index >= 15 is 0 Å². The van der Waals surface area contributed by atoms with Gasteiger partial charge in [-0.1, -0.05) is 17.5 Å². The Kier molecular flexibility index (Phi) is 8.21. The Morgan fingerprint density at radius 1 is 1.36 bits per heavy atom. The molecule has 2 rings (SSSR count). The van der Waals surface area contributed by atoms with Gasteiger partial charge < -0.3 is 18.9 Å². The first-order chi connectivity index (χ1) is 13.4. The molecule has 0 aromatic carbocycles. The van der Waals surface area contributed by atoms with Crippen molar-refractivity contribution in [2.75, 3.05) is 32.3 Å². The fraction of sp³-hybridized carbons (Fsp3) is 0.429. The zero-order chi connectivity index (χ0) is 20.7. The van der Waals surface area contributed by atoms with E-state index < -0.39 is 0 Å². The number of methoxy groups -OCH3 is 2. The maximum Gasteiger partial charge on any atom is 0.274 e. The molecule has 0 aliphatic carbocycles. The quantitative estimate of drug-likeness (QED) is 0.380. The van der Waals surface area contributed by atoms with Gasteiger partial charge in [0.25, 0.3) is 5.56 Å². The van der Waals surface area contributed by atoms with Crippen LogP contribution >= 0.6 is 9.24 Å². The van der Waals surface area contributed by atoms with E-state index in [4.69, 9.17) is 9.47 Å². The van der Waals surface area contributed by atoms with Crippen molar-refractivity contribution in [3.63, 3.8) is 0 Å². The van der Waals surface area contributed by atoms with Crippen LogP contribution in [0, 0.1) is 12.8 Å². The number of hydrogen-bond acceptors (Lipinski definition) is 4. The second-order valence-corrected chi connectivity index (χ2v) is 7.76. The molecule has 0 N–H and O–H groups in total. The molecule has 1 amide bonds. The number of allylic oxidation sites excluding steroid dienone is 4. The number of carbonyl (C=O) groups excluding carboxylic acids is 1. The van der Waals surface area contributed by atoms with Crippen LogP contribution in [0.4, 0.5) is 5.69 Å². The van der Waals surface area contributed by atoms with Gasteiger partial charge in [-0.05, 0) is 37.6 Å². The van der Waals surface area contributed by atoms with Crippen molar-refractivity contribution >= 4 is 20.8 Å². The monoisotopic (exact) mass is 404 g/mol. The number of rotatable bonds is 8. The summed E-state index contributed by atoms with van der Waals surface area (Å²) in [5.74, 6) is 0.759. The lowest BCUT2D eigenvalue weighted by atomic mass is 10.1. The maximum absolute atomic E-state index is 12.8. The third-order valence-electron chi connectivity index (χ3n) is 4.55. The van der Waals surface area contributed by atoms with Gasteiger partial charge in [0.2, 0.25) is 5.91 Å². The Hall–Kier alpha value is -2.17. The van der Waals surface area contributed by atoms with Gasteiger partial charge >= 0.3 is 0 Å². The van der Waals surface area contributed by atoms with Crippen molar-refractivity contribution in [3.8, 4) is 0 Å². The Bertz CT molecular complexity index is 850. The smallest absolute Gasteiger partial charge is 0.274 e. The predicted molar refractivity (Wildman–Crippen MR) is 115 cm³/mol. The third kappa shape index (κ3) is 5.66. The Morgan fingerprint density at radius 2 is 2.11 bits per heavy atom. The molecule has 1 aliphatic rings. The molecular formula is C21H29N2O4P. The highest BCUT2D eigenvalue weighted by atomic mass is 31.0. The molecule has 1 aromatic rings. The van der Waals surface area contributed by atoms with Crippen LogP contribution in [0.2, 0.25) is 0 Å². The normalized spacial score (nSPS) is 18.4. The van der Waals surface area contributed by atoms with Crippen molar-refractivity contribution in [3.05, 3.63) is 63.6 Å². The van der Waals surface area contributed by atoms with Crippen LogP contribution in [0.25, 0.3) is 0 Å². The molecule has 6 nitrogen and oxygen atoms in total. The van der Waals surface area contributed by atoms with Crippen LogP contribution in [0.5, 0.6) is 0 Å². The van der Waals surface area contributed by atoms with Crippen molar-refractivity contribution in [2.24, 2.45) is 5.92 Å². The summed E-state index contributed by atoms with van der Waals surface area (Å²) in [5.41, 5.74) is 1.12. The van der Waals surface area contributed by atoms with Gasteiger partial charge in [0, 0.05) is 38.7 Å². The van der Waals surface area contributed by atoms with E-state index in [9.17, 15) is 9.59 Å². The van der Waals surface area contributed by atoms with Gasteiger partial charge in [0.15, 0.2) is 0 Å². The van der Waals surface area contributed by atoms with Crippen molar-refractivity contribution in [1.82, 2.24) is 4.57 Å². The van der Waals surface area contributed by atoms with Crippen LogP contribution in [0.3, 0.4) is 0 Å². The molecule has 1 fully saturated rings. The Morgan fingerprint density at radius 3 is 2.75 bits per heavy atom. The summed E-state index contributed by atoms with van der Waals surface area (Å²) < 4.78 is 12.0. The number of ether oxygens (including phenoxy) is 2. The molecule has 0 radical (unpaired) electrons. The molecule has 1 unspecified atom stereocenters. The Labute approximate surface area is 168 Å². The van der Waals surface area contributed by atoms with Gasteiger partial charge in [-0.25, -0.2) is 0 Å². The van der Waals surface area contributed by atoms with E-state index in [0.29, 0.717) is 31.8 Å². The number of aromatic nitrogens is 1. The molecule has 2 heterocycles. The highest BCUT2D eigenvalue weighted by Gasteiger charge is 2.31. The summed E-state index contributed by atoms with van der Waals surface area (Å²) in [7, 11) is 5.84. The minimum Gasteiger partial charge on any atom is -0.497 e. The van der Waals surface area contributed by atoms with Gasteiger partial charge in [-0.3, -0.25) is 9.59 Å². The molecular weight excluding hydrogens is 375 g/mol. The maximum atomic E-state index is 12.8. The number of carbonyl (C=O) groups is 1. The first-order valence-corrected chi connectivity index (χ1v) is 9.80. The summed E-state index contributed by atoms with van der Waals surface area (Å²) in [4.78, 5) is 27.0. The van der Waals surface area contributed by atoms with Crippen LogP contribution in [0.1, 0.15) is 18.9 Å². The number of pyridine rings is 1. The molecule has 0 bridgehead atoms. The molecule has 1 saturated heterocycles. The largest absolute Gasteiger partial charge is 0.497 e. The predicted octanol–water partition coefficient (Wildman–Crippen LogP) is 3.02. The van der Waals surface area contributed by atoms with E-state index in [1.807, 2.05) is 44.2 Å². The molecule has 0 saturated carbocycles. The molecule has 152 valence electrons. The molecule has 2 atom stereocenters. The molecule has 1 aromatic heterocycles. The van der Waals surface area contributed by atoms with Crippen LogP contribution in [0.15, 0.2) is 52.4 Å². The van der Waals surface area contributed by atoms with Crippen LogP contribution in [-0.4, -0.2) is 37.8 Å². The van der Waals surface area contributed by atoms with Crippen LogP contribution < -0.4 is 10.5 Å². The van der Waals surface area contributed by atoms with E-state index in [-0.39, 0.29) is 17.4 Å². The zero-order valence-electron chi connectivity index (χ0n) is 17.0. The number of hydrogen-bond donors (Lipinski definition) is 0. The third-order valence-corrected chi connectivity index (χ3v) is 4.72. The lowest BCUT2D eigenvalue weighted by molar-refractivity contribution is -0.117. The number of anilines is 1. The minimum atomic E-state index is -0.155. The van der Waals surface area contributed by atoms with Gasteiger partial charge in [0.05, 0.1) is 13.7 Å². The molecule has 7 heteroatoms. The van der Waals surface area contributed by atoms with Gasteiger partial charge in [-0.15, -0.1) is 9.24 Å². The van der Waals surface area contributed by atoms with Gasteiger partial charge in [0.1, 0.15) is 11.4 Å². The number of aryl methyl sites for hydroxylation is 1. The molecule has 1 aliphatic heterocycles. The SMILES string of the molecule is COCCn1ccc(C)c(N2C[C@@H](/C=C/C=C(\C=C(/C)P)OC)CC2=O)c1=O. The standard InChI is InChI=1S/C21H29N2O4P/c1-15-8-9-22(10-11-26-3)21(25)20(15)23-14-17(13-19(23)24)6-5-7-18(27-4)12-16(2)28/h5-9,12,17H,10-11,13-14,28H2,1-4H3/b6-5+,16-12+,18-7+/t17-/m0/s1.